The lowest BCUT2D eigenvalue weighted by molar-refractivity contribution is 0.00304. The number of hydrogen-bond acceptors (Lipinski definition) is 9. The number of benzene rings is 2. The van der Waals surface area contributed by atoms with Crippen LogP contribution in [0.2, 0.25) is 0 Å². The summed E-state index contributed by atoms with van der Waals surface area (Å²) in [4.78, 5) is 27.3. The molecular formula is C23H30N2O7. The molecule has 9 nitrogen and oxygen atoms in total. The molecule has 0 saturated carbocycles. The molecule has 0 bridgehead atoms. The van der Waals surface area contributed by atoms with Crippen LogP contribution >= 0.6 is 0 Å². The van der Waals surface area contributed by atoms with E-state index in [9.17, 15) is 9.59 Å². The Balaban J connectivity index is 0.000000618. The van der Waals surface area contributed by atoms with Crippen molar-refractivity contribution in [2.75, 3.05) is 33.0 Å². The lowest BCUT2D eigenvalue weighted by Crippen LogP contribution is -2.32. The zero-order chi connectivity index (χ0) is 24.2. The summed E-state index contributed by atoms with van der Waals surface area (Å²) in [5.74, 6) is 0. The van der Waals surface area contributed by atoms with Crippen molar-refractivity contribution in [3.8, 4) is 0 Å². The second-order valence-corrected chi connectivity index (χ2v) is 6.69. The van der Waals surface area contributed by atoms with E-state index in [0.717, 1.165) is 17.5 Å². The first kappa shape index (κ1) is 29.0. The maximum atomic E-state index is 10.1. The van der Waals surface area contributed by atoms with Gasteiger partial charge in [-0.25, -0.2) is 9.59 Å². The maximum Gasteiger partial charge on any atom is 0.240 e. The molecule has 2 rings (SSSR count). The Hall–Kier alpha value is -3.00. The molecule has 0 fully saturated rings. The van der Waals surface area contributed by atoms with Gasteiger partial charge in [0.2, 0.25) is 12.2 Å². The van der Waals surface area contributed by atoms with Crippen LogP contribution in [0.4, 0.5) is 11.4 Å². The molecule has 0 aliphatic carbocycles. The summed E-state index contributed by atoms with van der Waals surface area (Å²) in [7, 11) is 0. The fraction of sp³-hybridized carbons (Fsp3) is 0.391. The molecule has 9 heteroatoms. The zero-order valence-corrected chi connectivity index (χ0v) is 18.0. The molecule has 0 aromatic heterocycles. The average molecular weight is 447 g/mol. The molecule has 174 valence electrons. The first-order chi connectivity index (χ1) is 15.5. The number of isocyanates is 2. The van der Waals surface area contributed by atoms with Gasteiger partial charge in [-0.2, -0.15) is 9.98 Å². The number of rotatable bonds is 9. The predicted molar refractivity (Wildman–Crippen MR) is 119 cm³/mol. The molecular weight excluding hydrogens is 416 g/mol. The monoisotopic (exact) mass is 446 g/mol. The van der Waals surface area contributed by atoms with E-state index in [1.165, 1.54) is 12.2 Å². The molecule has 0 aliphatic heterocycles. The average Bonchev–Trinajstić information content (AvgIpc) is 2.84. The zero-order valence-electron chi connectivity index (χ0n) is 18.0. The molecule has 2 aromatic rings. The molecule has 0 amide bonds. The predicted octanol–water partition coefficient (Wildman–Crippen LogP) is 1.54. The molecule has 0 aliphatic rings. The summed E-state index contributed by atoms with van der Waals surface area (Å²) in [6, 6.07) is 14.7. The summed E-state index contributed by atoms with van der Waals surface area (Å²) in [6.07, 6.45) is 4.36. The molecule has 2 aromatic carbocycles. The van der Waals surface area contributed by atoms with Gasteiger partial charge >= 0.3 is 0 Å². The van der Waals surface area contributed by atoms with E-state index in [-0.39, 0.29) is 33.0 Å². The molecule has 32 heavy (non-hydrogen) atoms. The van der Waals surface area contributed by atoms with Crippen molar-refractivity contribution >= 4 is 23.5 Å². The summed E-state index contributed by atoms with van der Waals surface area (Å²) >= 11 is 0. The molecule has 5 N–H and O–H groups in total. The normalized spacial score (nSPS) is 9.81. The maximum absolute atomic E-state index is 10.1. The highest BCUT2D eigenvalue weighted by Crippen LogP contribution is 2.19. The number of hydrogen-bond donors (Lipinski definition) is 5. The standard InChI is InChI=1S/C15H10N2O2.C6H14O3.C2H6O2/c18-10-16-14-5-1-12(2-6-14)9-13-3-7-15(8-4-13)17-11-19;1-2-6(3-7,4-8)5-9;3-1-2-4/h1-8H,9H2;7-9H,2-5H2,1H3;3-4H,1-2H2. The van der Waals surface area contributed by atoms with E-state index in [1.807, 2.05) is 31.2 Å². The molecule has 0 unspecified atom stereocenters. The molecule has 0 radical (unpaired) electrons. The van der Waals surface area contributed by atoms with E-state index in [2.05, 4.69) is 9.98 Å². The smallest absolute Gasteiger partial charge is 0.240 e. The fourth-order valence-corrected chi connectivity index (χ4v) is 2.20. The van der Waals surface area contributed by atoms with E-state index in [4.69, 9.17) is 25.5 Å². The first-order valence-corrected chi connectivity index (χ1v) is 9.85. The highest BCUT2D eigenvalue weighted by Gasteiger charge is 2.24. The Kier molecular flexibility index (Phi) is 16.0. The Morgan fingerprint density at radius 2 is 1.03 bits per heavy atom. The van der Waals surface area contributed by atoms with Gasteiger partial charge in [0.05, 0.1) is 44.4 Å². The minimum Gasteiger partial charge on any atom is -0.396 e. The van der Waals surface area contributed by atoms with Crippen molar-refractivity contribution in [2.45, 2.75) is 19.8 Å². The van der Waals surface area contributed by atoms with Gasteiger partial charge in [0.1, 0.15) is 0 Å². The molecule has 0 atom stereocenters. The van der Waals surface area contributed by atoms with Crippen molar-refractivity contribution in [1.82, 2.24) is 0 Å². The summed E-state index contributed by atoms with van der Waals surface area (Å²) in [5, 5.41) is 41.2. The van der Waals surface area contributed by atoms with Crippen molar-refractivity contribution < 1.29 is 35.1 Å². The minimum absolute atomic E-state index is 0.125. The van der Waals surface area contributed by atoms with Gasteiger partial charge in [-0.15, -0.1) is 0 Å². The fourth-order valence-electron chi connectivity index (χ4n) is 2.20. The lowest BCUT2D eigenvalue weighted by atomic mass is 9.88. The third-order valence-corrected chi connectivity index (χ3v) is 4.49. The highest BCUT2D eigenvalue weighted by molar-refractivity contribution is 5.51. The Morgan fingerprint density at radius 3 is 1.22 bits per heavy atom. The largest absolute Gasteiger partial charge is 0.396 e. The Labute approximate surface area is 187 Å². The van der Waals surface area contributed by atoms with E-state index in [0.29, 0.717) is 17.8 Å². The SMILES string of the molecule is CCC(CO)(CO)CO.O=C=Nc1ccc(Cc2ccc(N=C=O)cc2)cc1.OCCO. The third kappa shape index (κ3) is 11.4. The van der Waals surface area contributed by atoms with E-state index >= 15 is 0 Å². The van der Waals surface area contributed by atoms with Gasteiger partial charge in [0, 0.05) is 5.41 Å². The number of aliphatic hydroxyl groups excluding tert-OH is 5. The van der Waals surface area contributed by atoms with Crippen LogP contribution in [0.25, 0.3) is 0 Å². The molecule has 0 saturated heterocycles. The van der Waals surface area contributed by atoms with Crippen LogP contribution in [0.5, 0.6) is 0 Å². The number of carbonyl (C=O) groups excluding carboxylic acids is 2. The van der Waals surface area contributed by atoms with Gasteiger partial charge in [-0.1, -0.05) is 31.2 Å². The Bertz CT molecular complexity index is 759. The number of nitrogens with zero attached hydrogens (tertiary/aromatic N) is 2. The van der Waals surface area contributed by atoms with Gasteiger partial charge < -0.3 is 25.5 Å². The first-order valence-electron chi connectivity index (χ1n) is 9.85. The van der Waals surface area contributed by atoms with Crippen LogP contribution in [0.15, 0.2) is 58.5 Å². The number of aliphatic hydroxyl groups is 5. The van der Waals surface area contributed by atoms with Crippen molar-refractivity contribution in [3.05, 3.63) is 59.7 Å². The summed E-state index contributed by atoms with van der Waals surface area (Å²) in [5.41, 5.74) is 2.73. The summed E-state index contributed by atoms with van der Waals surface area (Å²) < 4.78 is 0. The Morgan fingerprint density at radius 1 is 0.688 bits per heavy atom. The summed E-state index contributed by atoms with van der Waals surface area (Å²) in [6.45, 7) is 1.10. The van der Waals surface area contributed by atoms with Gasteiger partial charge in [-0.3, -0.25) is 0 Å². The molecule has 0 heterocycles. The van der Waals surface area contributed by atoms with Gasteiger partial charge in [-0.05, 0) is 48.2 Å². The van der Waals surface area contributed by atoms with Crippen LogP contribution in [0.3, 0.4) is 0 Å². The quantitative estimate of drug-likeness (QED) is 0.288. The lowest BCUT2D eigenvalue weighted by Gasteiger charge is -2.24. The topological polar surface area (TPSA) is 160 Å². The second kappa shape index (κ2) is 17.7. The second-order valence-electron chi connectivity index (χ2n) is 6.69. The highest BCUT2D eigenvalue weighted by atomic mass is 16.3. The van der Waals surface area contributed by atoms with E-state index in [1.54, 1.807) is 24.3 Å². The van der Waals surface area contributed by atoms with Crippen LogP contribution in [0.1, 0.15) is 24.5 Å². The van der Waals surface area contributed by atoms with Gasteiger partial charge in [0.15, 0.2) is 0 Å². The van der Waals surface area contributed by atoms with Gasteiger partial charge in [0.25, 0.3) is 0 Å². The number of aliphatic imine (C=N–C) groups is 2. The minimum atomic E-state index is -0.667. The van der Waals surface area contributed by atoms with Crippen LogP contribution in [-0.4, -0.2) is 70.7 Å². The van der Waals surface area contributed by atoms with Crippen LogP contribution in [0, 0.1) is 5.41 Å². The van der Waals surface area contributed by atoms with Crippen molar-refractivity contribution in [3.63, 3.8) is 0 Å². The molecule has 0 spiro atoms. The van der Waals surface area contributed by atoms with E-state index < -0.39 is 5.41 Å². The van der Waals surface area contributed by atoms with Crippen LogP contribution in [-0.2, 0) is 16.0 Å². The third-order valence-electron chi connectivity index (χ3n) is 4.49. The van der Waals surface area contributed by atoms with Crippen LogP contribution < -0.4 is 0 Å². The van der Waals surface area contributed by atoms with Crippen molar-refractivity contribution in [2.24, 2.45) is 15.4 Å². The van der Waals surface area contributed by atoms with Crippen molar-refractivity contribution in [1.29, 1.82) is 0 Å².